The molecular weight excluding hydrogens is 280 g/mol. The normalized spacial score (nSPS) is 24.3. The van der Waals surface area contributed by atoms with Gasteiger partial charge < -0.3 is 4.74 Å². The third-order valence-corrected chi connectivity index (χ3v) is 4.13. The largest absolute Gasteiger partial charge is 0.347 e. The van der Waals surface area contributed by atoms with Crippen molar-refractivity contribution in [2.24, 2.45) is 0 Å². The Morgan fingerprint density at radius 1 is 1.23 bits per heavy atom. The molecule has 5 heteroatoms. The van der Waals surface area contributed by atoms with Crippen LogP contribution in [0.2, 0.25) is 0 Å². The molecular formula is C17H18N2O3. The van der Waals surface area contributed by atoms with Gasteiger partial charge in [0, 0.05) is 18.7 Å². The molecule has 1 saturated heterocycles. The molecule has 22 heavy (non-hydrogen) atoms. The molecule has 1 fully saturated rings. The highest BCUT2D eigenvalue weighted by Crippen LogP contribution is 2.38. The van der Waals surface area contributed by atoms with Crippen molar-refractivity contribution in [3.63, 3.8) is 0 Å². The van der Waals surface area contributed by atoms with E-state index in [2.05, 4.69) is 24.4 Å². The molecule has 0 spiro atoms. The first-order valence-corrected chi connectivity index (χ1v) is 7.37. The van der Waals surface area contributed by atoms with Crippen molar-refractivity contribution in [2.75, 3.05) is 6.54 Å². The summed E-state index contributed by atoms with van der Waals surface area (Å²) < 4.78 is 6.29. The molecule has 2 unspecified atom stereocenters. The van der Waals surface area contributed by atoms with E-state index in [-0.39, 0.29) is 11.8 Å². The van der Waals surface area contributed by atoms with Crippen LogP contribution in [0, 0.1) is 10.1 Å². The van der Waals surface area contributed by atoms with E-state index in [0.29, 0.717) is 6.54 Å². The lowest BCUT2D eigenvalue weighted by molar-refractivity contribution is -0.384. The highest BCUT2D eigenvalue weighted by molar-refractivity contribution is 5.34. The summed E-state index contributed by atoms with van der Waals surface area (Å²) in [6, 6.07) is 16.6. The van der Waals surface area contributed by atoms with Crippen LogP contribution in [0.25, 0.3) is 0 Å². The van der Waals surface area contributed by atoms with Crippen LogP contribution in [-0.2, 0) is 10.5 Å². The summed E-state index contributed by atoms with van der Waals surface area (Å²) in [5.41, 5.74) is 1.65. The average Bonchev–Trinajstić information content (AvgIpc) is 3.02. The minimum Gasteiger partial charge on any atom is -0.347 e. The van der Waals surface area contributed by atoms with Gasteiger partial charge in [0.2, 0.25) is 0 Å². The van der Waals surface area contributed by atoms with Crippen LogP contribution in [0.15, 0.2) is 54.6 Å². The van der Waals surface area contributed by atoms with Gasteiger partial charge in [-0.2, -0.15) is 0 Å². The Kier molecular flexibility index (Phi) is 3.92. The second-order valence-electron chi connectivity index (χ2n) is 5.38. The number of hydrogen-bond acceptors (Lipinski definition) is 4. The third kappa shape index (κ3) is 2.61. The molecule has 0 bridgehead atoms. The summed E-state index contributed by atoms with van der Waals surface area (Å²) in [5, 5.41) is 14.2. The lowest BCUT2D eigenvalue weighted by Crippen LogP contribution is -2.37. The van der Waals surface area contributed by atoms with Crippen molar-refractivity contribution in [1.82, 2.24) is 5.32 Å². The number of hydrogen-bond donors (Lipinski definition) is 1. The summed E-state index contributed by atoms with van der Waals surface area (Å²) in [4.78, 5) is 10.3. The average molecular weight is 298 g/mol. The number of nitrogens with one attached hydrogen (secondary N) is 1. The van der Waals surface area contributed by atoms with E-state index in [0.717, 1.165) is 17.5 Å². The number of benzene rings is 2. The van der Waals surface area contributed by atoms with Crippen LogP contribution >= 0.6 is 0 Å². The Bertz CT molecular complexity index is 657. The minimum absolute atomic E-state index is 0.0968. The van der Waals surface area contributed by atoms with E-state index in [9.17, 15) is 10.1 Å². The lowest BCUT2D eigenvalue weighted by atomic mass is 10.0. The number of nitro groups is 1. The van der Waals surface area contributed by atoms with Gasteiger partial charge in [-0.05, 0) is 29.7 Å². The maximum absolute atomic E-state index is 10.7. The second kappa shape index (κ2) is 5.87. The molecule has 114 valence electrons. The predicted octanol–water partition coefficient (Wildman–Crippen LogP) is 3.52. The molecule has 1 aliphatic heterocycles. The van der Waals surface area contributed by atoms with Gasteiger partial charge in [-0.15, -0.1) is 0 Å². The highest BCUT2D eigenvalue weighted by Gasteiger charge is 2.40. The molecule has 3 rings (SSSR count). The van der Waals surface area contributed by atoms with Gasteiger partial charge >= 0.3 is 0 Å². The first-order chi connectivity index (χ1) is 10.6. The topological polar surface area (TPSA) is 64.4 Å². The molecule has 1 heterocycles. The van der Waals surface area contributed by atoms with Crippen LogP contribution in [0.5, 0.6) is 0 Å². The molecule has 2 atom stereocenters. The van der Waals surface area contributed by atoms with Gasteiger partial charge in [-0.1, -0.05) is 37.3 Å². The Hall–Kier alpha value is -2.24. The summed E-state index contributed by atoms with van der Waals surface area (Å²) in [6.45, 7) is 2.76. The Labute approximate surface area is 129 Å². The molecule has 1 N–H and O–H groups in total. The Morgan fingerprint density at radius 3 is 2.50 bits per heavy atom. The molecule has 0 aromatic heterocycles. The van der Waals surface area contributed by atoms with E-state index in [1.54, 1.807) is 12.1 Å². The number of ether oxygens (including phenoxy) is 1. The second-order valence-corrected chi connectivity index (χ2v) is 5.38. The Morgan fingerprint density at radius 2 is 1.91 bits per heavy atom. The molecule has 0 saturated carbocycles. The van der Waals surface area contributed by atoms with Gasteiger partial charge in [0.05, 0.1) is 11.0 Å². The maximum Gasteiger partial charge on any atom is 0.269 e. The smallest absolute Gasteiger partial charge is 0.269 e. The van der Waals surface area contributed by atoms with Crippen molar-refractivity contribution in [3.8, 4) is 0 Å². The lowest BCUT2D eigenvalue weighted by Gasteiger charge is -2.28. The standard InChI is InChI=1S/C17H18N2O3/c1-2-17(14-6-4-3-5-7-14)18-12-16(22-17)13-8-10-15(11-9-13)19(20)21/h3-11,16,18H,2,12H2,1H3. The van der Waals surface area contributed by atoms with E-state index in [4.69, 9.17) is 4.74 Å². The molecule has 5 nitrogen and oxygen atoms in total. The monoisotopic (exact) mass is 298 g/mol. The summed E-state index contributed by atoms with van der Waals surface area (Å²) in [5.74, 6) is 0. The fourth-order valence-electron chi connectivity index (χ4n) is 2.87. The fourth-order valence-corrected chi connectivity index (χ4v) is 2.87. The van der Waals surface area contributed by atoms with Crippen molar-refractivity contribution < 1.29 is 9.66 Å². The van der Waals surface area contributed by atoms with E-state index >= 15 is 0 Å². The Balaban J connectivity index is 1.83. The van der Waals surface area contributed by atoms with Crippen molar-refractivity contribution in [3.05, 3.63) is 75.8 Å². The summed E-state index contributed by atoms with van der Waals surface area (Å²) >= 11 is 0. The zero-order valence-electron chi connectivity index (χ0n) is 12.4. The van der Waals surface area contributed by atoms with Crippen LogP contribution in [-0.4, -0.2) is 11.5 Å². The summed E-state index contributed by atoms with van der Waals surface area (Å²) in [7, 11) is 0. The van der Waals surface area contributed by atoms with Crippen molar-refractivity contribution in [1.29, 1.82) is 0 Å². The van der Waals surface area contributed by atoms with Crippen LogP contribution in [0.3, 0.4) is 0 Å². The van der Waals surface area contributed by atoms with Gasteiger partial charge in [0.25, 0.3) is 5.69 Å². The molecule has 0 radical (unpaired) electrons. The van der Waals surface area contributed by atoms with Crippen molar-refractivity contribution >= 4 is 5.69 Å². The van der Waals surface area contributed by atoms with Crippen LogP contribution < -0.4 is 5.32 Å². The van der Waals surface area contributed by atoms with Gasteiger partial charge in [-0.3, -0.25) is 15.4 Å². The molecule has 2 aromatic rings. The van der Waals surface area contributed by atoms with E-state index in [1.807, 2.05) is 18.2 Å². The quantitative estimate of drug-likeness (QED) is 0.693. The summed E-state index contributed by atoms with van der Waals surface area (Å²) in [6.07, 6.45) is 0.696. The molecule has 2 aromatic carbocycles. The number of rotatable bonds is 4. The van der Waals surface area contributed by atoms with E-state index < -0.39 is 10.6 Å². The number of nitrogens with zero attached hydrogens (tertiary/aromatic N) is 1. The third-order valence-electron chi connectivity index (χ3n) is 4.13. The fraction of sp³-hybridized carbons (Fsp3) is 0.294. The molecule has 1 aliphatic rings. The zero-order chi connectivity index (χ0) is 15.6. The zero-order valence-corrected chi connectivity index (χ0v) is 12.4. The minimum atomic E-state index is -0.492. The van der Waals surface area contributed by atoms with Gasteiger partial charge in [0.15, 0.2) is 0 Å². The van der Waals surface area contributed by atoms with Crippen molar-refractivity contribution in [2.45, 2.75) is 25.2 Å². The first kappa shape index (κ1) is 14.7. The maximum atomic E-state index is 10.7. The SMILES string of the molecule is CCC1(c2ccccc2)NCC(c2ccc([N+](=O)[O-])cc2)O1. The number of non-ortho nitro benzene ring substituents is 1. The molecule has 0 aliphatic carbocycles. The van der Waals surface area contributed by atoms with Gasteiger partial charge in [-0.25, -0.2) is 0 Å². The number of nitro benzene ring substituents is 1. The van der Waals surface area contributed by atoms with Crippen LogP contribution in [0.4, 0.5) is 5.69 Å². The van der Waals surface area contributed by atoms with Crippen LogP contribution in [0.1, 0.15) is 30.6 Å². The highest BCUT2D eigenvalue weighted by atomic mass is 16.6. The predicted molar refractivity (Wildman–Crippen MR) is 83.3 cm³/mol. The first-order valence-electron chi connectivity index (χ1n) is 7.37. The van der Waals surface area contributed by atoms with E-state index in [1.165, 1.54) is 12.1 Å². The molecule has 0 amide bonds. The van der Waals surface area contributed by atoms with Gasteiger partial charge in [0.1, 0.15) is 5.72 Å².